The molecule has 1 atom stereocenters. The molecule has 28 heavy (non-hydrogen) atoms. The van der Waals surface area contributed by atoms with Gasteiger partial charge in [0.15, 0.2) is 6.61 Å². The van der Waals surface area contributed by atoms with Crippen molar-refractivity contribution in [3.63, 3.8) is 0 Å². The summed E-state index contributed by atoms with van der Waals surface area (Å²) in [6.07, 6.45) is 1.96. The summed E-state index contributed by atoms with van der Waals surface area (Å²) in [5, 5.41) is 3.13. The molecule has 1 heterocycles. The topological polar surface area (TPSA) is 41.6 Å². The lowest BCUT2D eigenvalue weighted by molar-refractivity contribution is -0.124. The summed E-state index contributed by atoms with van der Waals surface area (Å²) in [7, 11) is 0. The van der Waals surface area contributed by atoms with Crippen LogP contribution >= 0.6 is 0 Å². The van der Waals surface area contributed by atoms with Crippen LogP contribution in [-0.2, 0) is 4.79 Å². The largest absolute Gasteiger partial charge is 0.484 e. The van der Waals surface area contributed by atoms with Gasteiger partial charge >= 0.3 is 0 Å². The van der Waals surface area contributed by atoms with Crippen LogP contribution in [0.1, 0.15) is 56.7 Å². The molecule has 1 saturated heterocycles. The first kappa shape index (κ1) is 20.4. The molecule has 0 bridgehead atoms. The van der Waals surface area contributed by atoms with Gasteiger partial charge in [-0.3, -0.25) is 9.69 Å². The van der Waals surface area contributed by atoms with Crippen LogP contribution in [0.3, 0.4) is 0 Å². The number of hydrogen-bond donors (Lipinski definition) is 1. The third-order valence-corrected chi connectivity index (χ3v) is 5.64. The Morgan fingerprint density at radius 3 is 2.25 bits per heavy atom. The fourth-order valence-electron chi connectivity index (χ4n) is 3.74. The highest BCUT2D eigenvalue weighted by atomic mass is 16.5. The molecule has 1 aliphatic rings. The smallest absolute Gasteiger partial charge is 0.258 e. The minimum absolute atomic E-state index is 0.0394. The van der Waals surface area contributed by atoms with E-state index in [-0.39, 0.29) is 18.6 Å². The molecule has 150 valence electrons. The number of carbonyl (C=O) groups is 1. The van der Waals surface area contributed by atoms with E-state index in [1.165, 1.54) is 11.1 Å². The van der Waals surface area contributed by atoms with Crippen LogP contribution in [0.5, 0.6) is 5.75 Å². The molecule has 1 aliphatic heterocycles. The molecule has 1 amide bonds. The van der Waals surface area contributed by atoms with Gasteiger partial charge in [0.05, 0.1) is 0 Å². The lowest BCUT2D eigenvalue weighted by atomic mass is 10.00. The Balaban J connectivity index is 1.40. The second-order valence-electron chi connectivity index (χ2n) is 7.98. The quantitative estimate of drug-likeness (QED) is 0.767. The highest BCUT2D eigenvalue weighted by Gasteiger charge is 2.24. The van der Waals surface area contributed by atoms with Crippen molar-refractivity contribution in [3.05, 3.63) is 65.7 Å². The summed E-state index contributed by atoms with van der Waals surface area (Å²) < 4.78 is 5.64. The van der Waals surface area contributed by atoms with Gasteiger partial charge in [-0.2, -0.15) is 0 Å². The highest BCUT2D eigenvalue weighted by molar-refractivity contribution is 5.77. The number of rotatable bonds is 7. The fourth-order valence-corrected chi connectivity index (χ4v) is 3.74. The minimum Gasteiger partial charge on any atom is -0.484 e. The Morgan fingerprint density at radius 1 is 1.00 bits per heavy atom. The van der Waals surface area contributed by atoms with Gasteiger partial charge in [0.1, 0.15) is 5.75 Å². The lowest BCUT2D eigenvalue weighted by Gasteiger charge is -2.36. The van der Waals surface area contributed by atoms with E-state index in [1.54, 1.807) is 0 Å². The zero-order chi connectivity index (χ0) is 19.9. The highest BCUT2D eigenvalue weighted by Crippen LogP contribution is 2.24. The molecule has 2 aromatic rings. The summed E-state index contributed by atoms with van der Waals surface area (Å²) in [4.78, 5) is 14.7. The summed E-state index contributed by atoms with van der Waals surface area (Å²) >= 11 is 0. The Kier molecular flexibility index (Phi) is 7.10. The van der Waals surface area contributed by atoms with E-state index in [2.05, 4.69) is 73.5 Å². The fraction of sp³-hybridized carbons (Fsp3) is 0.458. The third kappa shape index (κ3) is 5.59. The SMILES string of the molecule is CC(C)c1ccc(OCC(=O)NC2CCN([C@H](C)c3ccccc3)CC2)cc1. The molecule has 0 aromatic heterocycles. The van der Waals surface area contributed by atoms with E-state index in [0.29, 0.717) is 12.0 Å². The average Bonchev–Trinajstić information content (AvgIpc) is 2.73. The standard InChI is InChI=1S/C24H32N2O2/c1-18(2)20-9-11-23(12-10-20)28-17-24(27)25-22-13-15-26(16-14-22)19(3)21-7-5-4-6-8-21/h4-12,18-19,22H,13-17H2,1-3H3,(H,25,27)/t19-/m1/s1. The van der Waals surface area contributed by atoms with E-state index >= 15 is 0 Å². The monoisotopic (exact) mass is 380 g/mol. The van der Waals surface area contributed by atoms with Crippen LogP contribution in [0.25, 0.3) is 0 Å². The zero-order valence-corrected chi connectivity index (χ0v) is 17.2. The van der Waals surface area contributed by atoms with Crippen LogP contribution < -0.4 is 10.1 Å². The maximum absolute atomic E-state index is 12.2. The van der Waals surface area contributed by atoms with E-state index in [1.807, 2.05) is 12.1 Å². The molecule has 2 aromatic carbocycles. The van der Waals surface area contributed by atoms with Gasteiger partial charge < -0.3 is 10.1 Å². The van der Waals surface area contributed by atoms with Crippen molar-refractivity contribution < 1.29 is 9.53 Å². The number of likely N-dealkylation sites (tertiary alicyclic amines) is 1. The summed E-state index contributed by atoms with van der Waals surface area (Å²) in [5.41, 5.74) is 2.62. The molecule has 4 nitrogen and oxygen atoms in total. The van der Waals surface area contributed by atoms with Gasteiger partial charge in [-0.25, -0.2) is 0 Å². The molecular formula is C24H32N2O2. The Labute approximate surface area is 168 Å². The van der Waals surface area contributed by atoms with Crippen LogP contribution in [0.2, 0.25) is 0 Å². The molecule has 0 unspecified atom stereocenters. The predicted molar refractivity (Wildman–Crippen MR) is 114 cm³/mol. The molecule has 0 aliphatic carbocycles. The number of carbonyl (C=O) groups excluding carboxylic acids is 1. The van der Waals surface area contributed by atoms with Gasteiger partial charge in [-0.1, -0.05) is 56.3 Å². The van der Waals surface area contributed by atoms with Gasteiger partial charge in [-0.15, -0.1) is 0 Å². The van der Waals surface area contributed by atoms with Crippen molar-refractivity contribution in [1.29, 1.82) is 0 Å². The lowest BCUT2D eigenvalue weighted by Crippen LogP contribution is -2.46. The van der Waals surface area contributed by atoms with E-state index < -0.39 is 0 Å². The van der Waals surface area contributed by atoms with E-state index in [9.17, 15) is 4.79 Å². The average molecular weight is 381 g/mol. The maximum atomic E-state index is 12.2. The number of nitrogens with one attached hydrogen (secondary N) is 1. The number of amides is 1. The van der Waals surface area contributed by atoms with Crippen molar-refractivity contribution in [2.45, 2.75) is 51.6 Å². The van der Waals surface area contributed by atoms with Crippen molar-refractivity contribution >= 4 is 5.91 Å². The van der Waals surface area contributed by atoms with Gasteiger partial charge in [0.2, 0.25) is 0 Å². The number of hydrogen-bond acceptors (Lipinski definition) is 3. The molecule has 0 saturated carbocycles. The van der Waals surface area contributed by atoms with Crippen LogP contribution in [0.15, 0.2) is 54.6 Å². The summed E-state index contributed by atoms with van der Waals surface area (Å²) in [6, 6.07) is 19.2. The number of benzene rings is 2. The molecule has 3 rings (SSSR count). The molecule has 1 N–H and O–H groups in total. The van der Waals surface area contributed by atoms with Crippen molar-refractivity contribution in [2.24, 2.45) is 0 Å². The molecule has 1 fully saturated rings. The first-order chi connectivity index (χ1) is 13.5. The van der Waals surface area contributed by atoms with Crippen molar-refractivity contribution in [3.8, 4) is 5.75 Å². The summed E-state index contributed by atoms with van der Waals surface area (Å²) in [5.74, 6) is 1.20. The summed E-state index contributed by atoms with van der Waals surface area (Å²) in [6.45, 7) is 8.65. The predicted octanol–water partition coefficient (Wildman–Crippen LogP) is 4.53. The van der Waals surface area contributed by atoms with Crippen LogP contribution in [0, 0.1) is 0 Å². The first-order valence-corrected chi connectivity index (χ1v) is 10.3. The first-order valence-electron chi connectivity index (χ1n) is 10.3. The number of ether oxygens (including phenoxy) is 1. The third-order valence-electron chi connectivity index (χ3n) is 5.64. The van der Waals surface area contributed by atoms with Gasteiger partial charge in [-0.05, 0) is 48.9 Å². The normalized spacial score (nSPS) is 16.7. The second kappa shape index (κ2) is 9.74. The van der Waals surface area contributed by atoms with Crippen molar-refractivity contribution in [1.82, 2.24) is 10.2 Å². The molecule has 0 radical (unpaired) electrons. The number of nitrogens with zero attached hydrogens (tertiary/aromatic N) is 1. The minimum atomic E-state index is -0.0394. The molecule has 0 spiro atoms. The van der Waals surface area contributed by atoms with Gasteiger partial charge in [0, 0.05) is 25.2 Å². The maximum Gasteiger partial charge on any atom is 0.258 e. The van der Waals surface area contributed by atoms with E-state index in [4.69, 9.17) is 4.74 Å². The van der Waals surface area contributed by atoms with E-state index in [0.717, 1.165) is 31.7 Å². The number of piperidine rings is 1. The molecule has 4 heteroatoms. The second-order valence-corrected chi connectivity index (χ2v) is 7.98. The molecular weight excluding hydrogens is 348 g/mol. The Morgan fingerprint density at radius 2 is 1.64 bits per heavy atom. The zero-order valence-electron chi connectivity index (χ0n) is 17.2. The van der Waals surface area contributed by atoms with Gasteiger partial charge in [0.25, 0.3) is 5.91 Å². The Hall–Kier alpha value is -2.33. The Bertz CT molecular complexity index is 735. The van der Waals surface area contributed by atoms with Crippen LogP contribution in [-0.4, -0.2) is 36.5 Å². The van der Waals surface area contributed by atoms with Crippen LogP contribution in [0.4, 0.5) is 0 Å². The van der Waals surface area contributed by atoms with Crippen molar-refractivity contribution in [2.75, 3.05) is 19.7 Å².